The third-order valence-corrected chi connectivity index (χ3v) is 5.97. The minimum Gasteiger partial charge on any atom is -0.352 e. The lowest BCUT2D eigenvalue weighted by Gasteiger charge is -2.33. The van der Waals surface area contributed by atoms with Gasteiger partial charge in [0.2, 0.25) is 0 Å². The van der Waals surface area contributed by atoms with E-state index in [1.54, 1.807) is 6.07 Å². The highest BCUT2D eigenvalue weighted by molar-refractivity contribution is 6.05. The van der Waals surface area contributed by atoms with Crippen molar-refractivity contribution in [2.24, 2.45) is 0 Å². The number of likely N-dealkylation sites (N-methyl/N-ethyl adjacent to an activating group) is 1. The monoisotopic (exact) mass is 430 g/mol. The first kappa shape index (κ1) is 23.1. The van der Waals surface area contributed by atoms with Gasteiger partial charge < -0.3 is 15.1 Å². The molecule has 2 N–H and O–H groups in total. The Kier molecular flexibility index (Phi) is 7.61. The number of H-pyrrole nitrogens is 1. The van der Waals surface area contributed by atoms with Gasteiger partial charge in [-0.2, -0.15) is 0 Å². The summed E-state index contributed by atoms with van der Waals surface area (Å²) < 4.78 is 1.40. The van der Waals surface area contributed by atoms with E-state index >= 15 is 0 Å². The zero-order valence-corrected chi connectivity index (χ0v) is 19.0. The number of fused-ring (bicyclic) bond motifs is 1. The van der Waals surface area contributed by atoms with Crippen LogP contribution in [0.4, 0.5) is 0 Å². The summed E-state index contributed by atoms with van der Waals surface area (Å²) in [5.74, 6) is -0.255. The molecule has 170 valence electrons. The SMILES string of the molecule is CCN1CCN(CCCNC(=O)c2cc(C(C)C)nc3c2c(=O)[nH]c(=O)n3CC)CC1. The number of piperazine rings is 1. The molecule has 1 fully saturated rings. The highest BCUT2D eigenvalue weighted by atomic mass is 16.2. The van der Waals surface area contributed by atoms with Crippen molar-refractivity contribution in [3.05, 3.63) is 38.2 Å². The molecule has 1 aliphatic heterocycles. The highest BCUT2D eigenvalue weighted by Gasteiger charge is 2.20. The Morgan fingerprint density at radius 1 is 1.13 bits per heavy atom. The first-order chi connectivity index (χ1) is 14.8. The van der Waals surface area contributed by atoms with Gasteiger partial charge in [-0.15, -0.1) is 0 Å². The highest BCUT2D eigenvalue weighted by Crippen LogP contribution is 2.19. The Labute approximate surface area is 182 Å². The van der Waals surface area contributed by atoms with Crippen LogP contribution in [0.3, 0.4) is 0 Å². The number of rotatable bonds is 8. The van der Waals surface area contributed by atoms with Crippen molar-refractivity contribution in [2.45, 2.75) is 46.6 Å². The van der Waals surface area contributed by atoms with Gasteiger partial charge in [0.15, 0.2) is 5.65 Å². The first-order valence-corrected chi connectivity index (χ1v) is 11.3. The quantitative estimate of drug-likeness (QED) is 0.606. The molecule has 9 nitrogen and oxygen atoms in total. The number of carbonyl (C=O) groups is 1. The summed E-state index contributed by atoms with van der Waals surface area (Å²) in [6, 6.07) is 1.67. The van der Waals surface area contributed by atoms with Crippen LogP contribution in [0.15, 0.2) is 15.7 Å². The van der Waals surface area contributed by atoms with Gasteiger partial charge in [0, 0.05) is 45.0 Å². The average Bonchev–Trinajstić information content (AvgIpc) is 2.76. The fourth-order valence-corrected chi connectivity index (χ4v) is 3.99. The average molecular weight is 431 g/mol. The number of nitrogens with zero attached hydrogens (tertiary/aromatic N) is 4. The van der Waals surface area contributed by atoms with E-state index in [2.05, 4.69) is 32.0 Å². The summed E-state index contributed by atoms with van der Waals surface area (Å²) in [5, 5.41) is 3.12. The van der Waals surface area contributed by atoms with Crippen LogP contribution in [0.2, 0.25) is 0 Å². The van der Waals surface area contributed by atoms with Gasteiger partial charge in [0.05, 0.1) is 10.9 Å². The number of aryl methyl sites for hydroxylation is 1. The summed E-state index contributed by atoms with van der Waals surface area (Å²) in [7, 11) is 0. The predicted octanol–water partition coefficient (Wildman–Crippen LogP) is 0.986. The first-order valence-electron chi connectivity index (χ1n) is 11.3. The third-order valence-electron chi connectivity index (χ3n) is 5.97. The van der Waals surface area contributed by atoms with E-state index in [1.807, 2.05) is 20.8 Å². The molecule has 0 saturated carbocycles. The van der Waals surface area contributed by atoms with E-state index in [9.17, 15) is 14.4 Å². The van der Waals surface area contributed by atoms with Crippen LogP contribution >= 0.6 is 0 Å². The van der Waals surface area contributed by atoms with Gasteiger partial charge >= 0.3 is 5.69 Å². The molecular formula is C22H34N6O3. The Balaban J connectivity index is 1.76. The number of aromatic amines is 1. The zero-order chi connectivity index (χ0) is 22.5. The lowest BCUT2D eigenvalue weighted by atomic mass is 10.0. The number of amides is 1. The molecule has 1 aliphatic rings. The van der Waals surface area contributed by atoms with E-state index in [0.717, 1.165) is 45.7 Å². The Morgan fingerprint density at radius 2 is 1.81 bits per heavy atom. The van der Waals surface area contributed by atoms with Crippen LogP contribution < -0.4 is 16.6 Å². The molecule has 0 aromatic carbocycles. The topological polar surface area (TPSA) is 103 Å². The Bertz CT molecular complexity index is 1030. The van der Waals surface area contributed by atoms with Crippen molar-refractivity contribution < 1.29 is 4.79 Å². The van der Waals surface area contributed by atoms with Crippen LogP contribution in [0.25, 0.3) is 11.0 Å². The second-order valence-corrected chi connectivity index (χ2v) is 8.34. The van der Waals surface area contributed by atoms with E-state index in [0.29, 0.717) is 18.8 Å². The van der Waals surface area contributed by atoms with Crippen molar-refractivity contribution in [3.63, 3.8) is 0 Å². The van der Waals surface area contributed by atoms with Gasteiger partial charge in [0.25, 0.3) is 11.5 Å². The van der Waals surface area contributed by atoms with Gasteiger partial charge in [-0.3, -0.25) is 19.1 Å². The van der Waals surface area contributed by atoms with Crippen molar-refractivity contribution in [3.8, 4) is 0 Å². The van der Waals surface area contributed by atoms with Crippen molar-refractivity contribution >= 4 is 16.9 Å². The molecule has 0 unspecified atom stereocenters. The normalized spacial score (nSPS) is 15.6. The minimum absolute atomic E-state index is 0.0532. The molecule has 9 heteroatoms. The summed E-state index contributed by atoms with van der Waals surface area (Å²) in [6.07, 6.45) is 0.841. The van der Waals surface area contributed by atoms with E-state index < -0.39 is 11.2 Å². The smallest absolute Gasteiger partial charge is 0.329 e. The van der Waals surface area contributed by atoms with E-state index in [1.165, 1.54) is 4.57 Å². The number of hydrogen-bond acceptors (Lipinski definition) is 6. The Hall–Kier alpha value is -2.52. The van der Waals surface area contributed by atoms with Crippen LogP contribution in [-0.4, -0.2) is 76.1 Å². The summed E-state index contributed by atoms with van der Waals surface area (Å²) in [4.78, 5) is 49.5. The maximum Gasteiger partial charge on any atom is 0.329 e. The molecule has 0 radical (unpaired) electrons. The molecule has 0 atom stereocenters. The molecule has 3 heterocycles. The van der Waals surface area contributed by atoms with Gasteiger partial charge in [0.1, 0.15) is 0 Å². The van der Waals surface area contributed by atoms with Crippen LogP contribution in [0.5, 0.6) is 0 Å². The van der Waals surface area contributed by atoms with Gasteiger partial charge in [-0.05, 0) is 38.4 Å². The maximum atomic E-state index is 13.0. The van der Waals surface area contributed by atoms with Crippen LogP contribution in [0.1, 0.15) is 56.1 Å². The van der Waals surface area contributed by atoms with Crippen LogP contribution in [-0.2, 0) is 6.54 Å². The van der Waals surface area contributed by atoms with Crippen LogP contribution in [0, 0.1) is 0 Å². The van der Waals surface area contributed by atoms with Gasteiger partial charge in [-0.1, -0.05) is 20.8 Å². The third kappa shape index (κ3) is 5.22. The molecule has 0 spiro atoms. The standard InChI is InChI=1S/C22H34N6O3/c1-5-26-10-12-27(13-11-26)9-7-8-23-20(29)16-14-17(15(3)4)24-19-18(16)21(30)25-22(31)28(19)6-2/h14-15H,5-13H2,1-4H3,(H,23,29)(H,25,30,31). The molecule has 0 bridgehead atoms. The number of aromatic nitrogens is 3. The van der Waals surface area contributed by atoms with Gasteiger partial charge in [-0.25, -0.2) is 9.78 Å². The number of nitrogens with one attached hydrogen (secondary N) is 2. The second kappa shape index (κ2) is 10.2. The maximum absolute atomic E-state index is 13.0. The fourth-order valence-electron chi connectivity index (χ4n) is 3.99. The summed E-state index contributed by atoms with van der Waals surface area (Å²) >= 11 is 0. The van der Waals surface area contributed by atoms with Crippen molar-refractivity contribution in [2.75, 3.05) is 45.8 Å². The molecule has 31 heavy (non-hydrogen) atoms. The molecule has 3 rings (SSSR count). The number of carbonyl (C=O) groups excluding carboxylic acids is 1. The van der Waals surface area contributed by atoms with Crippen molar-refractivity contribution in [1.82, 2.24) is 29.7 Å². The molecule has 2 aromatic rings. The lowest BCUT2D eigenvalue weighted by Crippen LogP contribution is -2.46. The molecular weight excluding hydrogens is 396 g/mol. The molecule has 1 amide bonds. The Morgan fingerprint density at radius 3 is 2.42 bits per heavy atom. The largest absolute Gasteiger partial charge is 0.352 e. The number of pyridine rings is 1. The molecule has 0 aliphatic carbocycles. The van der Waals surface area contributed by atoms with E-state index in [-0.39, 0.29) is 28.4 Å². The predicted molar refractivity (Wildman–Crippen MR) is 122 cm³/mol. The molecule has 2 aromatic heterocycles. The van der Waals surface area contributed by atoms with E-state index in [4.69, 9.17) is 0 Å². The fraction of sp³-hybridized carbons (Fsp3) is 0.636. The molecule has 1 saturated heterocycles. The zero-order valence-electron chi connectivity index (χ0n) is 19.0. The number of hydrogen-bond donors (Lipinski definition) is 2. The van der Waals surface area contributed by atoms with Crippen molar-refractivity contribution in [1.29, 1.82) is 0 Å². The minimum atomic E-state index is -0.577. The summed E-state index contributed by atoms with van der Waals surface area (Å²) in [6.45, 7) is 15.1. The second-order valence-electron chi connectivity index (χ2n) is 8.34. The summed E-state index contributed by atoms with van der Waals surface area (Å²) in [5.41, 5.74) is 0.128. The lowest BCUT2D eigenvalue weighted by molar-refractivity contribution is 0.0949.